The van der Waals surface area contributed by atoms with Gasteiger partial charge in [-0.05, 0) is 62.2 Å². The monoisotopic (exact) mass is 571 g/mol. The molecule has 3 rings (SSSR count). The molecule has 3 aromatic rings. The van der Waals surface area contributed by atoms with Gasteiger partial charge in [0.2, 0.25) is 11.8 Å². The lowest BCUT2D eigenvalue weighted by atomic mass is 10.1. The summed E-state index contributed by atoms with van der Waals surface area (Å²) in [4.78, 5) is 28.0. The summed E-state index contributed by atoms with van der Waals surface area (Å²) in [7, 11) is -4.06. The molecule has 7 nitrogen and oxygen atoms in total. The van der Waals surface area contributed by atoms with Crippen molar-refractivity contribution >= 4 is 43.5 Å². The van der Waals surface area contributed by atoms with Crippen molar-refractivity contribution in [2.75, 3.05) is 17.4 Å². The first-order chi connectivity index (χ1) is 17.1. The van der Waals surface area contributed by atoms with Crippen LogP contribution in [0.1, 0.15) is 25.0 Å². The molecule has 0 aliphatic heterocycles. The summed E-state index contributed by atoms with van der Waals surface area (Å²) in [5.41, 5.74) is 1.93. The van der Waals surface area contributed by atoms with Crippen LogP contribution in [0.25, 0.3) is 0 Å². The summed E-state index contributed by atoms with van der Waals surface area (Å²) in [6, 6.07) is 21.6. The first-order valence-corrected chi connectivity index (χ1v) is 13.8. The Hall–Kier alpha value is -3.17. The first-order valence-electron chi connectivity index (χ1n) is 11.6. The number of anilines is 1. The standard InChI is InChI=1S/C27H30BrN3O4S/c1-4-29-27(33)21(3)30(18-22-14-16-23(28)17-15-22)26(32)19-31(25-13-9-8-10-20(25)2)36(34,35)24-11-6-5-7-12-24/h5-17,21H,4,18-19H2,1-3H3,(H,29,33). The minimum Gasteiger partial charge on any atom is -0.355 e. The number of carbonyl (C=O) groups excluding carboxylic acids is 2. The quantitative estimate of drug-likeness (QED) is 0.388. The van der Waals surface area contributed by atoms with Crippen LogP contribution in [0.15, 0.2) is 88.2 Å². The number of para-hydroxylation sites is 1. The van der Waals surface area contributed by atoms with E-state index in [-0.39, 0.29) is 17.3 Å². The Morgan fingerprint density at radius 3 is 2.17 bits per heavy atom. The Kier molecular flexibility index (Phi) is 9.28. The lowest BCUT2D eigenvalue weighted by Gasteiger charge is -2.32. The Morgan fingerprint density at radius 2 is 1.56 bits per heavy atom. The Bertz CT molecular complexity index is 1300. The van der Waals surface area contributed by atoms with Gasteiger partial charge in [-0.25, -0.2) is 8.42 Å². The maximum atomic E-state index is 13.8. The maximum Gasteiger partial charge on any atom is 0.264 e. The van der Waals surface area contributed by atoms with E-state index in [1.807, 2.05) is 30.3 Å². The van der Waals surface area contributed by atoms with Crippen LogP contribution in [-0.2, 0) is 26.2 Å². The number of nitrogens with zero attached hydrogens (tertiary/aromatic N) is 2. The highest BCUT2D eigenvalue weighted by Gasteiger charge is 2.32. The summed E-state index contributed by atoms with van der Waals surface area (Å²) < 4.78 is 29.4. The maximum absolute atomic E-state index is 13.8. The van der Waals surface area contributed by atoms with E-state index in [0.29, 0.717) is 17.8 Å². The zero-order chi connectivity index (χ0) is 26.3. The molecule has 0 bridgehead atoms. The molecule has 0 aromatic heterocycles. The van der Waals surface area contributed by atoms with Gasteiger partial charge in [0.15, 0.2) is 0 Å². The van der Waals surface area contributed by atoms with Crippen LogP contribution in [0, 0.1) is 6.92 Å². The number of sulfonamides is 1. The SMILES string of the molecule is CCNC(=O)C(C)N(Cc1ccc(Br)cc1)C(=O)CN(c1ccccc1C)S(=O)(=O)c1ccccc1. The van der Waals surface area contributed by atoms with Crippen LogP contribution in [0.4, 0.5) is 5.69 Å². The number of carbonyl (C=O) groups is 2. The van der Waals surface area contributed by atoms with E-state index in [9.17, 15) is 18.0 Å². The molecule has 1 N–H and O–H groups in total. The normalized spacial score (nSPS) is 12.0. The molecule has 36 heavy (non-hydrogen) atoms. The van der Waals surface area contributed by atoms with Crippen molar-refractivity contribution in [3.8, 4) is 0 Å². The molecule has 190 valence electrons. The van der Waals surface area contributed by atoms with Crippen LogP contribution >= 0.6 is 15.9 Å². The van der Waals surface area contributed by atoms with Crippen molar-refractivity contribution in [3.63, 3.8) is 0 Å². The third kappa shape index (κ3) is 6.53. The first kappa shape index (κ1) is 27.4. The molecule has 0 fully saturated rings. The molecular formula is C27H30BrN3O4S. The molecule has 0 aliphatic rings. The average molecular weight is 573 g/mol. The van der Waals surface area contributed by atoms with Gasteiger partial charge in [-0.1, -0.05) is 64.5 Å². The molecule has 0 aliphatic carbocycles. The summed E-state index contributed by atoms with van der Waals surface area (Å²) in [6.45, 7) is 5.36. The summed E-state index contributed by atoms with van der Waals surface area (Å²) in [6.07, 6.45) is 0. The molecule has 0 heterocycles. The molecular weight excluding hydrogens is 542 g/mol. The zero-order valence-electron chi connectivity index (χ0n) is 20.5. The molecule has 0 radical (unpaired) electrons. The molecule has 0 saturated carbocycles. The van der Waals surface area contributed by atoms with Gasteiger partial charge in [0, 0.05) is 17.6 Å². The Balaban J connectivity index is 2.02. The largest absolute Gasteiger partial charge is 0.355 e. The minimum atomic E-state index is -4.06. The van der Waals surface area contributed by atoms with Crippen LogP contribution in [0.5, 0.6) is 0 Å². The van der Waals surface area contributed by atoms with Crippen LogP contribution in [-0.4, -0.2) is 44.3 Å². The number of rotatable bonds is 10. The lowest BCUT2D eigenvalue weighted by Crippen LogP contribution is -2.51. The molecule has 2 amide bonds. The number of halogens is 1. The second-order valence-electron chi connectivity index (χ2n) is 8.33. The van der Waals surface area contributed by atoms with Gasteiger partial charge in [-0.3, -0.25) is 13.9 Å². The second-order valence-corrected chi connectivity index (χ2v) is 11.1. The second kappa shape index (κ2) is 12.2. The fraction of sp³-hybridized carbons (Fsp3) is 0.259. The van der Waals surface area contributed by atoms with Crippen LogP contribution in [0.2, 0.25) is 0 Å². The number of nitrogens with one attached hydrogen (secondary N) is 1. The van der Waals surface area contributed by atoms with E-state index in [0.717, 1.165) is 14.3 Å². The average Bonchev–Trinajstić information content (AvgIpc) is 2.87. The molecule has 0 spiro atoms. The van der Waals surface area contributed by atoms with Crippen molar-refractivity contribution in [3.05, 3.63) is 94.5 Å². The van der Waals surface area contributed by atoms with E-state index in [1.54, 1.807) is 57.2 Å². The number of benzene rings is 3. The van der Waals surface area contributed by atoms with Gasteiger partial charge in [0.25, 0.3) is 10.0 Å². The summed E-state index contributed by atoms with van der Waals surface area (Å²) >= 11 is 3.40. The Labute approximate surface area is 221 Å². The van der Waals surface area contributed by atoms with E-state index in [4.69, 9.17) is 0 Å². The van der Waals surface area contributed by atoms with Crippen molar-refractivity contribution in [2.24, 2.45) is 0 Å². The number of hydrogen-bond donors (Lipinski definition) is 1. The van der Waals surface area contributed by atoms with Gasteiger partial charge in [0.05, 0.1) is 10.6 Å². The highest BCUT2D eigenvalue weighted by molar-refractivity contribution is 9.10. The smallest absolute Gasteiger partial charge is 0.264 e. The van der Waals surface area contributed by atoms with Gasteiger partial charge in [0.1, 0.15) is 12.6 Å². The number of hydrogen-bond acceptors (Lipinski definition) is 4. The molecule has 0 saturated heterocycles. The van der Waals surface area contributed by atoms with Crippen LogP contribution < -0.4 is 9.62 Å². The number of aryl methyl sites for hydroxylation is 1. The number of amides is 2. The fourth-order valence-corrected chi connectivity index (χ4v) is 5.53. The van der Waals surface area contributed by atoms with Gasteiger partial charge >= 0.3 is 0 Å². The highest BCUT2D eigenvalue weighted by atomic mass is 79.9. The lowest BCUT2D eigenvalue weighted by molar-refractivity contribution is -0.139. The van der Waals surface area contributed by atoms with Crippen molar-refractivity contribution < 1.29 is 18.0 Å². The predicted molar refractivity (Wildman–Crippen MR) is 145 cm³/mol. The van der Waals surface area contributed by atoms with Gasteiger partial charge in [-0.15, -0.1) is 0 Å². The number of likely N-dealkylation sites (N-methyl/N-ethyl adjacent to an activating group) is 1. The molecule has 1 unspecified atom stereocenters. The third-order valence-electron chi connectivity index (χ3n) is 5.78. The van der Waals surface area contributed by atoms with E-state index in [1.165, 1.54) is 17.0 Å². The predicted octanol–water partition coefficient (Wildman–Crippen LogP) is 4.51. The van der Waals surface area contributed by atoms with Gasteiger partial charge in [-0.2, -0.15) is 0 Å². The highest BCUT2D eigenvalue weighted by Crippen LogP contribution is 2.27. The fourth-order valence-electron chi connectivity index (χ4n) is 3.77. The minimum absolute atomic E-state index is 0.0808. The summed E-state index contributed by atoms with van der Waals surface area (Å²) in [5.74, 6) is -0.796. The molecule has 9 heteroatoms. The van der Waals surface area contributed by atoms with Gasteiger partial charge < -0.3 is 10.2 Å². The third-order valence-corrected chi connectivity index (χ3v) is 8.08. The topological polar surface area (TPSA) is 86.8 Å². The molecule has 3 aromatic carbocycles. The van der Waals surface area contributed by atoms with E-state index < -0.39 is 28.5 Å². The van der Waals surface area contributed by atoms with Crippen LogP contribution in [0.3, 0.4) is 0 Å². The van der Waals surface area contributed by atoms with E-state index >= 15 is 0 Å². The Morgan fingerprint density at radius 1 is 0.944 bits per heavy atom. The van der Waals surface area contributed by atoms with E-state index in [2.05, 4.69) is 21.2 Å². The van der Waals surface area contributed by atoms with Crippen molar-refractivity contribution in [1.29, 1.82) is 0 Å². The van der Waals surface area contributed by atoms with Crippen molar-refractivity contribution in [1.82, 2.24) is 10.2 Å². The summed E-state index contributed by atoms with van der Waals surface area (Å²) in [5, 5.41) is 2.75. The van der Waals surface area contributed by atoms with Crippen molar-refractivity contribution in [2.45, 2.75) is 38.3 Å². The zero-order valence-corrected chi connectivity index (χ0v) is 22.9. The molecule has 1 atom stereocenters.